The van der Waals surface area contributed by atoms with E-state index in [0.717, 1.165) is 24.0 Å². The van der Waals surface area contributed by atoms with Gasteiger partial charge in [-0.3, -0.25) is 4.98 Å². The summed E-state index contributed by atoms with van der Waals surface area (Å²) in [4.78, 5) is 3.93. The molecule has 0 aliphatic heterocycles. The molecule has 20 heavy (non-hydrogen) atoms. The second kappa shape index (κ2) is 6.63. The van der Waals surface area contributed by atoms with Crippen molar-refractivity contribution in [2.75, 3.05) is 0 Å². The Hall–Kier alpha value is -2.47. The Morgan fingerprint density at radius 1 is 1.25 bits per heavy atom. The Morgan fingerprint density at radius 3 is 2.65 bits per heavy atom. The lowest BCUT2D eigenvalue weighted by Gasteiger charge is -2.05. The van der Waals surface area contributed by atoms with Gasteiger partial charge in [0.05, 0.1) is 5.56 Å². The summed E-state index contributed by atoms with van der Waals surface area (Å²) >= 11 is 0. The molecule has 0 N–H and O–H groups in total. The maximum absolute atomic E-state index is 14.1. The van der Waals surface area contributed by atoms with Crippen LogP contribution in [-0.2, 0) is 6.42 Å². The van der Waals surface area contributed by atoms with Crippen LogP contribution in [-0.4, -0.2) is 4.98 Å². The second-order valence-electron chi connectivity index (χ2n) is 4.52. The quantitative estimate of drug-likeness (QED) is 0.831. The summed E-state index contributed by atoms with van der Waals surface area (Å²) in [5.41, 5.74) is 2.48. The number of pyridine rings is 1. The van der Waals surface area contributed by atoms with Gasteiger partial charge in [0.25, 0.3) is 0 Å². The molecule has 1 aromatic heterocycles. The van der Waals surface area contributed by atoms with Crippen molar-refractivity contribution in [2.45, 2.75) is 19.8 Å². The molecule has 1 heterocycles. The molecule has 3 heteroatoms. The summed E-state index contributed by atoms with van der Waals surface area (Å²) in [5, 5.41) is 9.00. The Bertz CT molecular complexity index is 655. The number of hydrogen-bond donors (Lipinski definition) is 0. The zero-order chi connectivity index (χ0) is 14.4. The third kappa shape index (κ3) is 3.30. The van der Waals surface area contributed by atoms with Gasteiger partial charge in [0, 0.05) is 18.0 Å². The zero-order valence-corrected chi connectivity index (χ0v) is 11.3. The SMILES string of the molecule is CCCc1cc(C#N)c(F)c(/C=C/c2ccncc2)c1. The van der Waals surface area contributed by atoms with Gasteiger partial charge in [0.15, 0.2) is 0 Å². The van der Waals surface area contributed by atoms with E-state index < -0.39 is 5.82 Å². The first kappa shape index (κ1) is 14.0. The number of halogens is 1. The highest BCUT2D eigenvalue weighted by molar-refractivity contribution is 5.70. The monoisotopic (exact) mass is 266 g/mol. The van der Waals surface area contributed by atoms with Crippen LogP contribution >= 0.6 is 0 Å². The van der Waals surface area contributed by atoms with Crippen LogP contribution < -0.4 is 0 Å². The molecule has 2 aromatic rings. The number of benzene rings is 1. The van der Waals surface area contributed by atoms with E-state index in [-0.39, 0.29) is 5.56 Å². The number of nitrogens with zero attached hydrogens (tertiary/aromatic N) is 2. The molecule has 0 amide bonds. The lowest BCUT2D eigenvalue weighted by molar-refractivity contribution is 0.620. The minimum absolute atomic E-state index is 0.102. The van der Waals surface area contributed by atoms with Gasteiger partial charge in [-0.2, -0.15) is 5.26 Å². The maximum atomic E-state index is 14.1. The maximum Gasteiger partial charge on any atom is 0.148 e. The summed E-state index contributed by atoms with van der Waals surface area (Å²) < 4.78 is 14.1. The first-order valence-corrected chi connectivity index (χ1v) is 6.55. The van der Waals surface area contributed by atoms with E-state index in [9.17, 15) is 4.39 Å². The van der Waals surface area contributed by atoms with Crippen LogP contribution in [0.2, 0.25) is 0 Å². The molecule has 2 rings (SSSR count). The highest BCUT2D eigenvalue weighted by Crippen LogP contribution is 2.19. The fourth-order valence-corrected chi connectivity index (χ4v) is 2.01. The third-order valence-electron chi connectivity index (χ3n) is 2.98. The van der Waals surface area contributed by atoms with E-state index in [1.807, 2.05) is 24.3 Å². The molecule has 1 aromatic carbocycles. The lowest BCUT2D eigenvalue weighted by atomic mass is 10.0. The third-order valence-corrected chi connectivity index (χ3v) is 2.98. The van der Waals surface area contributed by atoms with E-state index >= 15 is 0 Å². The van der Waals surface area contributed by atoms with Crippen molar-refractivity contribution < 1.29 is 4.39 Å². The summed E-state index contributed by atoms with van der Waals surface area (Å²) in [6.45, 7) is 2.06. The van der Waals surface area contributed by atoms with Crippen molar-refractivity contribution in [2.24, 2.45) is 0 Å². The van der Waals surface area contributed by atoms with Gasteiger partial charge in [-0.05, 0) is 41.8 Å². The number of nitriles is 1. The molecule has 0 saturated heterocycles. The zero-order valence-electron chi connectivity index (χ0n) is 11.3. The van der Waals surface area contributed by atoms with Crippen LogP contribution in [0.3, 0.4) is 0 Å². The molecule has 0 fully saturated rings. The van der Waals surface area contributed by atoms with Crippen LogP contribution in [0.5, 0.6) is 0 Å². The molecule has 100 valence electrons. The van der Waals surface area contributed by atoms with Gasteiger partial charge in [0.2, 0.25) is 0 Å². The average molecular weight is 266 g/mol. The largest absolute Gasteiger partial charge is 0.265 e. The van der Waals surface area contributed by atoms with Gasteiger partial charge in [-0.25, -0.2) is 4.39 Å². The van der Waals surface area contributed by atoms with Crippen molar-refractivity contribution in [3.63, 3.8) is 0 Å². The normalized spacial score (nSPS) is 10.7. The van der Waals surface area contributed by atoms with Crippen molar-refractivity contribution in [1.29, 1.82) is 5.26 Å². The van der Waals surface area contributed by atoms with Crippen molar-refractivity contribution in [3.8, 4) is 6.07 Å². The standard InChI is InChI=1S/C17H15FN2/c1-2-3-14-10-15(17(18)16(11-14)12-19)5-4-13-6-8-20-9-7-13/h4-11H,2-3H2,1H3/b5-4+. The van der Waals surface area contributed by atoms with Gasteiger partial charge in [0.1, 0.15) is 11.9 Å². The van der Waals surface area contributed by atoms with Crippen LogP contribution in [0.4, 0.5) is 4.39 Å². The fraction of sp³-hybridized carbons (Fsp3) is 0.176. The molecule has 0 radical (unpaired) electrons. The molecule has 0 atom stereocenters. The summed E-state index contributed by atoms with van der Waals surface area (Å²) in [5.74, 6) is -0.461. The molecular weight excluding hydrogens is 251 g/mol. The lowest BCUT2D eigenvalue weighted by Crippen LogP contribution is -1.93. The smallest absolute Gasteiger partial charge is 0.148 e. The van der Waals surface area contributed by atoms with E-state index in [2.05, 4.69) is 11.9 Å². The molecule has 0 unspecified atom stereocenters. The number of aryl methyl sites for hydroxylation is 1. The van der Waals surface area contributed by atoms with Crippen molar-refractivity contribution in [1.82, 2.24) is 4.98 Å². The van der Waals surface area contributed by atoms with Crippen LogP contribution in [0.25, 0.3) is 12.2 Å². The predicted molar refractivity (Wildman–Crippen MR) is 78.3 cm³/mol. The van der Waals surface area contributed by atoms with Gasteiger partial charge in [-0.1, -0.05) is 25.5 Å². The van der Waals surface area contributed by atoms with Crippen LogP contribution in [0, 0.1) is 17.1 Å². The topological polar surface area (TPSA) is 36.7 Å². The highest BCUT2D eigenvalue weighted by atomic mass is 19.1. The Labute approximate surface area is 118 Å². The summed E-state index contributed by atoms with van der Waals surface area (Å²) in [6.07, 6.45) is 8.69. The minimum atomic E-state index is -0.461. The number of rotatable bonds is 4. The van der Waals surface area contributed by atoms with E-state index in [4.69, 9.17) is 5.26 Å². The molecule has 0 aliphatic carbocycles. The fourth-order valence-electron chi connectivity index (χ4n) is 2.01. The first-order chi connectivity index (χ1) is 9.74. The second-order valence-corrected chi connectivity index (χ2v) is 4.52. The minimum Gasteiger partial charge on any atom is -0.265 e. The van der Waals surface area contributed by atoms with Gasteiger partial charge < -0.3 is 0 Å². The van der Waals surface area contributed by atoms with Crippen LogP contribution in [0.1, 0.15) is 35.6 Å². The van der Waals surface area contributed by atoms with Gasteiger partial charge >= 0.3 is 0 Å². The Kier molecular flexibility index (Phi) is 4.62. The van der Waals surface area contributed by atoms with Crippen LogP contribution in [0.15, 0.2) is 36.7 Å². The van der Waals surface area contributed by atoms with Crippen molar-refractivity contribution in [3.05, 3.63) is 64.7 Å². The van der Waals surface area contributed by atoms with E-state index in [1.165, 1.54) is 0 Å². The molecule has 0 spiro atoms. The summed E-state index contributed by atoms with van der Waals surface area (Å²) in [7, 11) is 0. The summed E-state index contributed by atoms with van der Waals surface area (Å²) in [6, 6.07) is 9.03. The van der Waals surface area contributed by atoms with E-state index in [1.54, 1.807) is 30.6 Å². The molecule has 0 saturated carbocycles. The molecule has 2 nitrogen and oxygen atoms in total. The van der Waals surface area contributed by atoms with Gasteiger partial charge in [-0.15, -0.1) is 0 Å². The Morgan fingerprint density at radius 2 is 2.00 bits per heavy atom. The number of hydrogen-bond acceptors (Lipinski definition) is 2. The molecular formula is C17H15FN2. The average Bonchev–Trinajstić information content (AvgIpc) is 2.48. The predicted octanol–water partition coefficient (Wildman–Crippen LogP) is 4.22. The molecule has 0 aliphatic rings. The Balaban J connectivity index is 2.38. The highest BCUT2D eigenvalue weighted by Gasteiger charge is 2.08. The number of aromatic nitrogens is 1. The van der Waals surface area contributed by atoms with Crippen molar-refractivity contribution >= 4 is 12.2 Å². The van der Waals surface area contributed by atoms with E-state index in [0.29, 0.717) is 5.56 Å². The molecule has 0 bridgehead atoms. The first-order valence-electron chi connectivity index (χ1n) is 6.55.